The van der Waals surface area contributed by atoms with Gasteiger partial charge in [-0.3, -0.25) is 9.59 Å². The van der Waals surface area contributed by atoms with Crippen molar-refractivity contribution in [3.05, 3.63) is 53.5 Å². The summed E-state index contributed by atoms with van der Waals surface area (Å²) in [5.74, 6) is 0.579. The highest BCUT2D eigenvalue weighted by atomic mass is 16.2. The van der Waals surface area contributed by atoms with Gasteiger partial charge >= 0.3 is 0 Å². The number of hydrogen-bond acceptors (Lipinski definition) is 6. The zero-order valence-corrected chi connectivity index (χ0v) is 16.8. The number of anilines is 1. The van der Waals surface area contributed by atoms with E-state index < -0.39 is 0 Å². The van der Waals surface area contributed by atoms with Gasteiger partial charge in [0.15, 0.2) is 0 Å². The van der Waals surface area contributed by atoms with E-state index in [2.05, 4.69) is 15.3 Å². The average molecular weight is 392 g/mol. The van der Waals surface area contributed by atoms with Gasteiger partial charge in [-0.15, -0.1) is 0 Å². The Balaban J connectivity index is 1.60. The first-order chi connectivity index (χ1) is 13.9. The van der Waals surface area contributed by atoms with Crippen molar-refractivity contribution in [2.75, 3.05) is 25.5 Å². The van der Waals surface area contributed by atoms with Crippen LogP contribution in [0.2, 0.25) is 0 Å². The molecule has 2 aromatic rings. The maximum absolute atomic E-state index is 12.7. The van der Waals surface area contributed by atoms with Crippen LogP contribution >= 0.6 is 0 Å². The summed E-state index contributed by atoms with van der Waals surface area (Å²) in [5, 5.41) is 12.1. The fourth-order valence-electron chi connectivity index (χ4n) is 3.32. The average Bonchev–Trinajstić information content (AvgIpc) is 3.23. The molecule has 1 aliphatic rings. The van der Waals surface area contributed by atoms with Crippen LogP contribution < -0.4 is 5.32 Å². The van der Waals surface area contributed by atoms with Crippen molar-refractivity contribution < 1.29 is 9.59 Å². The zero-order valence-electron chi connectivity index (χ0n) is 16.8. The summed E-state index contributed by atoms with van der Waals surface area (Å²) >= 11 is 0. The highest BCUT2D eigenvalue weighted by molar-refractivity contribution is 5.94. The van der Waals surface area contributed by atoms with E-state index in [1.807, 2.05) is 19.1 Å². The monoisotopic (exact) mass is 392 g/mol. The molecule has 1 N–H and O–H groups in total. The molecule has 3 heterocycles. The Bertz CT molecular complexity index is 920. The number of nitriles is 1. The molecular formula is C21H24N6O2. The quantitative estimate of drug-likeness (QED) is 0.837. The van der Waals surface area contributed by atoms with E-state index in [-0.39, 0.29) is 23.9 Å². The number of likely N-dealkylation sites (N-methyl/N-ethyl adjacent to an activating group) is 1. The lowest BCUT2D eigenvalue weighted by atomic mass is 10.1. The van der Waals surface area contributed by atoms with Gasteiger partial charge in [0, 0.05) is 39.5 Å². The Labute approximate surface area is 170 Å². The van der Waals surface area contributed by atoms with Crippen LogP contribution in [0.3, 0.4) is 0 Å². The maximum atomic E-state index is 12.7. The number of hydrogen-bond donors (Lipinski definition) is 1. The van der Waals surface area contributed by atoms with E-state index in [4.69, 9.17) is 5.26 Å². The van der Waals surface area contributed by atoms with Crippen LogP contribution in [0.1, 0.15) is 47.9 Å². The van der Waals surface area contributed by atoms with Crippen molar-refractivity contribution in [1.82, 2.24) is 19.8 Å². The fourth-order valence-corrected chi connectivity index (χ4v) is 3.32. The zero-order chi connectivity index (χ0) is 21.0. The number of carbonyl (C=O) groups excluding carboxylic acids is 2. The number of likely N-dealkylation sites (tertiary alicyclic amines) is 1. The minimum absolute atomic E-state index is 0.00739. The van der Waals surface area contributed by atoms with E-state index in [1.165, 1.54) is 6.92 Å². The molecule has 2 aromatic heterocycles. The second-order valence-corrected chi connectivity index (χ2v) is 7.21. The number of aromatic nitrogens is 2. The lowest BCUT2D eigenvalue weighted by molar-refractivity contribution is -0.129. The maximum Gasteiger partial charge on any atom is 0.255 e. The summed E-state index contributed by atoms with van der Waals surface area (Å²) in [5.41, 5.74) is 1.83. The van der Waals surface area contributed by atoms with Gasteiger partial charge in [0.05, 0.1) is 17.6 Å². The molecule has 8 heteroatoms. The van der Waals surface area contributed by atoms with Crippen molar-refractivity contribution in [3.8, 4) is 6.07 Å². The molecule has 29 heavy (non-hydrogen) atoms. The molecule has 0 bridgehead atoms. The summed E-state index contributed by atoms with van der Waals surface area (Å²) in [4.78, 5) is 36.1. The predicted octanol–water partition coefficient (Wildman–Crippen LogP) is 2.21. The van der Waals surface area contributed by atoms with Gasteiger partial charge in [-0.1, -0.05) is 6.07 Å². The Morgan fingerprint density at radius 2 is 2.07 bits per heavy atom. The van der Waals surface area contributed by atoms with Gasteiger partial charge in [0.1, 0.15) is 17.6 Å². The minimum atomic E-state index is -0.0761. The number of rotatable bonds is 5. The molecule has 0 aromatic carbocycles. The second-order valence-electron chi connectivity index (χ2n) is 7.21. The third-order valence-corrected chi connectivity index (χ3v) is 5.27. The molecule has 1 saturated heterocycles. The smallest absolute Gasteiger partial charge is 0.255 e. The van der Waals surface area contributed by atoms with Gasteiger partial charge in [-0.05, 0) is 37.1 Å². The van der Waals surface area contributed by atoms with Crippen molar-refractivity contribution >= 4 is 17.6 Å². The van der Waals surface area contributed by atoms with E-state index in [0.29, 0.717) is 30.2 Å². The standard InChI is InChI=1S/C21H24N6O2/c1-14(16-4-6-18(10-22)23-11-16)25-20-7-5-17(12-24-20)21(29)27-9-8-19(13-27)26(3)15(2)28/h4-7,11-12,14,19H,8-9,13H2,1-3H3,(H,24,25)/t14?,19-/m0/s1. The molecule has 0 aliphatic carbocycles. The Morgan fingerprint density at radius 1 is 1.28 bits per heavy atom. The number of carbonyl (C=O) groups is 2. The first-order valence-electron chi connectivity index (χ1n) is 9.50. The van der Waals surface area contributed by atoms with E-state index >= 15 is 0 Å². The molecule has 0 radical (unpaired) electrons. The summed E-state index contributed by atoms with van der Waals surface area (Å²) in [7, 11) is 1.77. The van der Waals surface area contributed by atoms with Crippen LogP contribution in [0.4, 0.5) is 5.82 Å². The number of nitrogens with zero attached hydrogens (tertiary/aromatic N) is 5. The Kier molecular flexibility index (Phi) is 6.07. The van der Waals surface area contributed by atoms with Crippen molar-refractivity contribution in [1.29, 1.82) is 5.26 Å². The normalized spacial score (nSPS) is 16.8. The third-order valence-electron chi connectivity index (χ3n) is 5.27. The Hall–Kier alpha value is -3.47. The molecule has 1 fully saturated rings. The largest absolute Gasteiger partial charge is 0.363 e. The molecule has 3 rings (SSSR count). The Morgan fingerprint density at radius 3 is 2.66 bits per heavy atom. The molecule has 2 amide bonds. The first kappa shape index (κ1) is 20.3. The molecule has 8 nitrogen and oxygen atoms in total. The van der Waals surface area contributed by atoms with Crippen molar-refractivity contribution in [2.45, 2.75) is 32.4 Å². The molecule has 0 saturated carbocycles. The highest BCUT2D eigenvalue weighted by Gasteiger charge is 2.30. The van der Waals surface area contributed by atoms with E-state index in [9.17, 15) is 9.59 Å². The first-order valence-corrected chi connectivity index (χ1v) is 9.50. The highest BCUT2D eigenvalue weighted by Crippen LogP contribution is 2.20. The summed E-state index contributed by atoms with van der Waals surface area (Å²) in [6.45, 7) is 4.68. The van der Waals surface area contributed by atoms with Crippen molar-refractivity contribution in [3.63, 3.8) is 0 Å². The number of amides is 2. The van der Waals surface area contributed by atoms with Gasteiger partial charge in [-0.2, -0.15) is 5.26 Å². The van der Waals surface area contributed by atoms with Crippen LogP contribution in [0.5, 0.6) is 0 Å². The van der Waals surface area contributed by atoms with Crippen molar-refractivity contribution in [2.24, 2.45) is 0 Å². The van der Waals surface area contributed by atoms with Gasteiger partial charge in [0.2, 0.25) is 5.91 Å². The van der Waals surface area contributed by atoms with E-state index in [0.717, 1.165) is 12.0 Å². The summed E-state index contributed by atoms with van der Waals surface area (Å²) in [6, 6.07) is 9.06. The van der Waals surface area contributed by atoms with Crippen LogP contribution in [-0.2, 0) is 4.79 Å². The predicted molar refractivity (Wildman–Crippen MR) is 108 cm³/mol. The summed E-state index contributed by atoms with van der Waals surface area (Å²) < 4.78 is 0. The SMILES string of the molecule is CC(=O)N(C)[C@H]1CCN(C(=O)c2ccc(NC(C)c3ccc(C#N)nc3)nc2)C1. The van der Waals surface area contributed by atoms with Crippen LogP contribution in [0.15, 0.2) is 36.7 Å². The number of pyridine rings is 2. The molecule has 2 atom stereocenters. The fraction of sp³-hybridized carbons (Fsp3) is 0.381. The van der Waals surface area contributed by atoms with Crippen LogP contribution in [0.25, 0.3) is 0 Å². The third kappa shape index (κ3) is 4.69. The lowest BCUT2D eigenvalue weighted by Gasteiger charge is -2.23. The van der Waals surface area contributed by atoms with Gasteiger partial charge in [0.25, 0.3) is 5.91 Å². The molecule has 150 valence electrons. The van der Waals surface area contributed by atoms with E-state index in [1.54, 1.807) is 47.4 Å². The molecule has 1 unspecified atom stereocenters. The van der Waals surface area contributed by atoms with Crippen LogP contribution in [-0.4, -0.2) is 57.8 Å². The minimum Gasteiger partial charge on any atom is -0.363 e. The van der Waals surface area contributed by atoms with Gasteiger partial charge in [-0.25, -0.2) is 9.97 Å². The molecule has 1 aliphatic heterocycles. The number of nitrogens with one attached hydrogen (secondary N) is 1. The van der Waals surface area contributed by atoms with Crippen LogP contribution in [0, 0.1) is 11.3 Å². The van der Waals surface area contributed by atoms with Gasteiger partial charge < -0.3 is 15.1 Å². The molecular weight excluding hydrogens is 368 g/mol. The topological polar surface area (TPSA) is 102 Å². The summed E-state index contributed by atoms with van der Waals surface area (Å²) in [6.07, 6.45) is 4.01. The second kappa shape index (κ2) is 8.69. The lowest BCUT2D eigenvalue weighted by Crippen LogP contribution is -2.38. The molecule has 0 spiro atoms.